The van der Waals surface area contributed by atoms with E-state index in [-0.39, 0.29) is 28.5 Å². The van der Waals surface area contributed by atoms with Gasteiger partial charge in [-0.05, 0) is 16.9 Å². The minimum atomic E-state index is -0.499. The Hall–Kier alpha value is -2.11. The summed E-state index contributed by atoms with van der Waals surface area (Å²) in [7, 11) is 1.68. The number of rotatable bonds is 4. The molecule has 1 aliphatic carbocycles. The van der Waals surface area contributed by atoms with E-state index in [1.807, 2.05) is 0 Å². The fraction of sp³-hybridized carbons (Fsp3) is 0.533. The smallest absolute Gasteiger partial charge is 0.270 e. The van der Waals surface area contributed by atoms with Crippen LogP contribution in [0, 0.1) is 20.9 Å². The van der Waals surface area contributed by atoms with Crippen LogP contribution in [0.1, 0.15) is 38.1 Å². The van der Waals surface area contributed by atoms with Crippen molar-refractivity contribution in [2.24, 2.45) is 10.8 Å². The molecule has 21 heavy (non-hydrogen) atoms. The highest BCUT2D eigenvalue weighted by Gasteiger charge is 2.65. The molecule has 1 saturated carbocycles. The standard InChI is InChI=1S/C15H21N3O3/c1-14(2)13(15(14,3)4)17-12(19)10-8-9(18(20)21)6-7-11(10)16-5/h6-8,13,16H,1-5H3,(H,17,19). The zero-order chi connectivity index (χ0) is 16.0. The Kier molecular flexibility index (Phi) is 3.43. The Morgan fingerprint density at radius 3 is 2.24 bits per heavy atom. The van der Waals surface area contributed by atoms with Gasteiger partial charge in [0.1, 0.15) is 0 Å². The van der Waals surface area contributed by atoms with Crippen LogP contribution in [0.5, 0.6) is 0 Å². The lowest BCUT2D eigenvalue weighted by molar-refractivity contribution is -0.384. The zero-order valence-corrected chi connectivity index (χ0v) is 13.0. The predicted molar refractivity (Wildman–Crippen MR) is 81.5 cm³/mol. The van der Waals surface area contributed by atoms with Gasteiger partial charge in [-0.15, -0.1) is 0 Å². The SMILES string of the molecule is CNc1ccc([N+](=O)[O-])cc1C(=O)NC1C(C)(C)C1(C)C. The summed E-state index contributed by atoms with van der Waals surface area (Å²) in [6, 6.07) is 4.30. The number of hydrogen-bond donors (Lipinski definition) is 2. The molecule has 1 aliphatic rings. The average molecular weight is 291 g/mol. The topological polar surface area (TPSA) is 84.3 Å². The normalized spacial score (nSPS) is 18.9. The van der Waals surface area contributed by atoms with Crippen LogP contribution in [0.25, 0.3) is 0 Å². The maximum atomic E-state index is 12.5. The Bertz CT molecular complexity index is 594. The van der Waals surface area contributed by atoms with Crippen molar-refractivity contribution in [1.29, 1.82) is 0 Å². The van der Waals surface area contributed by atoms with Crippen molar-refractivity contribution in [3.8, 4) is 0 Å². The summed E-state index contributed by atoms with van der Waals surface area (Å²) < 4.78 is 0. The van der Waals surface area contributed by atoms with Gasteiger partial charge in [0.05, 0.1) is 10.5 Å². The first-order valence-corrected chi connectivity index (χ1v) is 6.90. The van der Waals surface area contributed by atoms with Crippen LogP contribution in [-0.2, 0) is 0 Å². The van der Waals surface area contributed by atoms with Crippen LogP contribution < -0.4 is 10.6 Å². The molecule has 0 aromatic heterocycles. The lowest BCUT2D eigenvalue weighted by Crippen LogP contribution is -2.30. The summed E-state index contributed by atoms with van der Waals surface area (Å²) in [5, 5.41) is 16.8. The number of hydrogen-bond acceptors (Lipinski definition) is 4. The van der Waals surface area contributed by atoms with E-state index in [0.29, 0.717) is 11.3 Å². The molecule has 0 heterocycles. The molecule has 0 radical (unpaired) electrons. The maximum Gasteiger partial charge on any atom is 0.270 e. The highest BCUT2D eigenvalue weighted by atomic mass is 16.6. The first-order valence-electron chi connectivity index (χ1n) is 6.90. The molecule has 0 unspecified atom stereocenters. The molecule has 1 aromatic carbocycles. The number of non-ortho nitro benzene ring substituents is 1. The van der Waals surface area contributed by atoms with E-state index < -0.39 is 4.92 Å². The number of anilines is 1. The summed E-state index contributed by atoms with van der Waals surface area (Å²) in [6.07, 6.45) is 0. The van der Waals surface area contributed by atoms with Crippen molar-refractivity contribution in [1.82, 2.24) is 5.32 Å². The third-order valence-electron chi connectivity index (χ3n) is 5.02. The second-order valence-electron chi connectivity index (χ2n) is 6.59. The fourth-order valence-electron chi connectivity index (χ4n) is 2.82. The van der Waals surface area contributed by atoms with Gasteiger partial charge in [-0.25, -0.2) is 0 Å². The largest absolute Gasteiger partial charge is 0.387 e. The minimum absolute atomic E-state index is 0.0170. The van der Waals surface area contributed by atoms with Crippen LogP contribution in [0.4, 0.5) is 11.4 Å². The number of carbonyl (C=O) groups is 1. The molecule has 2 rings (SSSR count). The zero-order valence-electron chi connectivity index (χ0n) is 13.0. The molecular formula is C15H21N3O3. The number of benzene rings is 1. The van der Waals surface area contributed by atoms with Crippen molar-refractivity contribution in [2.45, 2.75) is 33.7 Å². The molecular weight excluding hydrogens is 270 g/mol. The molecule has 6 nitrogen and oxygen atoms in total. The van der Waals surface area contributed by atoms with E-state index in [9.17, 15) is 14.9 Å². The number of amides is 1. The van der Waals surface area contributed by atoms with Gasteiger partial charge in [-0.1, -0.05) is 27.7 Å². The van der Waals surface area contributed by atoms with Gasteiger partial charge in [-0.2, -0.15) is 0 Å². The molecule has 0 aliphatic heterocycles. The molecule has 1 aromatic rings. The van der Waals surface area contributed by atoms with Gasteiger partial charge in [-0.3, -0.25) is 14.9 Å². The summed E-state index contributed by atoms with van der Waals surface area (Å²) in [5.74, 6) is -0.285. The lowest BCUT2D eigenvalue weighted by Gasteiger charge is -2.11. The van der Waals surface area contributed by atoms with E-state index in [2.05, 4.69) is 38.3 Å². The molecule has 2 N–H and O–H groups in total. The molecule has 6 heteroatoms. The third-order valence-corrected chi connectivity index (χ3v) is 5.02. The summed E-state index contributed by atoms with van der Waals surface area (Å²) in [4.78, 5) is 22.8. The van der Waals surface area contributed by atoms with Crippen molar-refractivity contribution in [3.63, 3.8) is 0 Å². The van der Waals surface area contributed by atoms with Crippen molar-refractivity contribution in [2.75, 3.05) is 12.4 Å². The van der Waals surface area contributed by atoms with Crippen LogP contribution in [0.2, 0.25) is 0 Å². The monoisotopic (exact) mass is 291 g/mol. The van der Waals surface area contributed by atoms with Gasteiger partial charge in [0, 0.05) is 30.9 Å². The number of nitrogens with one attached hydrogen (secondary N) is 2. The van der Waals surface area contributed by atoms with Gasteiger partial charge in [0.15, 0.2) is 0 Å². The van der Waals surface area contributed by atoms with Crippen LogP contribution in [0.3, 0.4) is 0 Å². The van der Waals surface area contributed by atoms with Crippen LogP contribution in [0.15, 0.2) is 18.2 Å². The van der Waals surface area contributed by atoms with Crippen LogP contribution in [-0.4, -0.2) is 23.9 Å². The van der Waals surface area contributed by atoms with E-state index in [1.165, 1.54) is 12.1 Å². The molecule has 1 amide bonds. The second-order valence-corrected chi connectivity index (χ2v) is 6.59. The minimum Gasteiger partial charge on any atom is -0.387 e. The molecule has 0 spiro atoms. The quantitative estimate of drug-likeness (QED) is 0.660. The number of nitro benzene ring substituents is 1. The summed E-state index contributed by atoms with van der Waals surface area (Å²) in [5.41, 5.74) is 0.819. The second kappa shape index (κ2) is 4.72. The Morgan fingerprint density at radius 2 is 1.81 bits per heavy atom. The first kappa shape index (κ1) is 15.3. The van der Waals surface area contributed by atoms with Crippen molar-refractivity contribution >= 4 is 17.3 Å². The predicted octanol–water partition coefficient (Wildman–Crippen LogP) is 2.80. The Labute approximate surface area is 124 Å². The Balaban J connectivity index is 2.27. The fourth-order valence-corrected chi connectivity index (χ4v) is 2.82. The Morgan fingerprint density at radius 1 is 1.24 bits per heavy atom. The van der Waals surface area contributed by atoms with Gasteiger partial charge >= 0.3 is 0 Å². The van der Waals surface area contributed by atoms with E-state index in [0.717, 1.165) is 0 Å². The van der Waals surface area contributed by atoms with Gasteiger partial charge in [0.25, 0.3) is 11.6 Å². The average Bonchev–Trinajstić information content (AvgIpc) is 2.80. The highest BCUT2D eigenvalue weighted by molar-refractivity contribution is 6.00. The number of nitrogens with zero attached hydrogens (tertiary/aromatic N) is 1. The first-order chi connectivity index (χ1) is 9.62. The molecule has 114 valence electrons. The van der Waals surface area contributed by atoms with Crippen molar-refractivity contribution in [3.05, 3.63) is 33.9 Å². The van der Waals surface area contributed by atoms with E-state index in [1.54, 1.807) is 13.1 Å². The third kappa shape index (κ3) is 2.34. The van der Waals surface area contributed by atoms with E-state index in [4.69, 9.17) is 0 Å². The molecule has 1 fully saturated rings. The van der Waals surface area contributed by atoms with Gasteiger partial charge < -0.3 is 10.6 Å². The number of nitro groups is 1. The lowest BCUT2D eigenvalue weighted by atomic mass is 10.0. The maximum absolute atomic E-state index is 12.5. The van der Waals surface area contributed by atoms with Crippen molar-refractivity contribution < 1.29 is 9.72 Å². The van der Waals surface area contributed by atoms with E-state index >= 15 is 0 Å². The highest BCUT2D eigenvalue weighted by Crippen LogP contribution is 2.62. The van der Waals surface area contributed by atoms with Gasteiger partial charge in [0.2, 0.25) is 0 Å². The molecule has 0 atom stereocenters. The molecule has 0 bridgehead atoms. The molecule has 0 saturated heterocycles. The summed E-state index contributed by atoms with van der Waals surface area (Å²) in [6.45, 7) is 8.41. The number of carbonyl (C=O) groups excluding carboxylic acids is 1. The van der Waals surface area contributed by atoms with Crippen LogP contribution >= 0.6 is 0 Å². The summed E-state index contributed by atoms with van der Waals surface area (Å²) >= 11 is 0.